The topological polar surface area (TPSA) is 62.9 Å². The smallest absolute Gasteiger partial charge is 0.406 e. The number of nitrogens with one attached hydrogen (secondary N) is 1. The molecule has 5 nitrogen and oxygen atoms in total. The van der Waals surface area contributed by atoms with E-state index < -0.39 is 6.36 Å². The highest BCUT2D eigenvalue weighted by Gasteiger charge is 2.34. The van der Waals surface area contributed by atoms with Crippen LogP contribution in [0.2, 0.25) is 0 Å². The number of ether oxygens (including phenoxy) is 1. The molecular weight excluding hydrogens is 460 g/mol. The van der Waals surface area contributed by atoms with Gasteiger partial charge in [-0.3, -0.25) is 4.99 Å². The number of rotatable bonds is 6. The van der Waals surface area contributed by atoms with Gasteiger partial charge in [0.05, 0.1) is 0 Å². The third-order valence-corrected chi connectivity index (χ3v) is 4.26. The number of guanidine groups is 1. The van der Waals surface area contributed by atoms with Gasteiger partial charge in [-0.1, -0.05) is 12.8 Å². The van der Waals surface area contributed by atoms with Gasteiger partial charge in [-0.15, -0.1) is 37.1 Å². The van der Waals surface area contributed by atoms with E-state index >= 15 is 0 Å². The summed E-state index contributed by atoms with van der Waals surface area (Å²) in [7, 11) is 4.10. The predicted octanol–water partition coefficient (Wildman–Crippen LogP) is 4.05. The molecule has 0 unspecified atom stereocenters. The maximum absolute atomic E-state index is 12.1. The molecule has 1 saturated carbocycles. The van der Waals surface area contributed by atoms with Crippen molar-refractivity contribution in [1.82, 2.24) is 4.90 Å². The molecule has 0 bridgehead atoms. The van der Waals surface area contributed by atoms with Gasteiger partial charge in [0.15, 0.2) is 5.96 Å². The molecule has 1 aliphatic rings. The second-order valence-corrected chi connectivity index (χ2v) is 6.84. The van der Waals surface area contributed by atoms with Crippen molar-refractivity contribution in [2.24, 2.45) is 16.1 Å². The Morgan fingerprint density at radius 3 is 2.31 bits per heavy atom. The summed E-state index contributed by atoms with van der Waals surface area (Å²) in [5.41, 5.74) is 6.64. The normalized spacial score (nSPS) is 17.1. The van der Waals surface area contributed by atoms with Crippen LogP contribution in [0.15, 0.2) is 29.3 Å². The van der Waals surface area contributed by atoms with Crippen LogP contribution in [-0.4, -0.2) is 44.4 Å². The van der Waals surface area contributed by atoms with Gasteiger partial charge in [-0.2, -0.15) is 0 Å². The Balaban J connectivity index is 0.00000338. The van der Waals surface area contributed by atoms with Gasteiger partial charge >= 0.3 is 6.36 Å². The molecule has 1 aromatic carbocycles. The highest BCUT2D eigenvalue weighted by atomic mass is 127. The molecule has 1 fully saturated rings. The fourth-order valence-electron chi connectivity index (χ4n) is 3.34. The molecule has 3 N–H and O–H groups in total. The van der Waals surface area contributed by atoms with Crippen molar-refractivity contribution in [2.45, 2.75) is 32.0 Å². The minimum Gasteiger partial charge on any atom is -0.406 e. The summed E-state index contributed by atoms with van der Waals surface area (Å²) in [6, 6.07) is 5.39. The van der Waals surface area contributed by atoms with Crippen molar-refractivity contribution in [3.63, 3.8) is 0 Å². The first-order valence-electron chi connectivity index (χ1n) is 8.25. The lowest BCUT2D eigenvalue weighted by atomic mass is 9.86. The van der Waals surface area contributed by atoms with Crippen molar-refractivity contribution >= 4 is 35.6 Å². The standard InChI is InChI=1S/C17H25F3N4O.HI/c1-24(2)12-16(9-3-4-10-16)11-22-15(21)23-13-5-7-14(8-6-13)25-17(18,19)20;/h5-8H,3-4,9-12H2,1-2H3,(H3,21,22,23);1H. The molecule has 0 spiro atoms. The molecule has 26 heavy (non-hydrogen) atoms. The lowest BCUT2D eigenvalue weighted by Crippen LogP contribution is -2.35. The van der Waals surface area contributed by atoms with Crippen molar-refractivity contribution in [1.29, 1.82) is 0 Å². The monoisotopic (exact) mass is 486 g/mol. The third kappa shape index (κ3) is 7.56. The molecule has 1 aromatic rings. The highest BCUT2D eigenvalue weighted by molar-refractivity contribution is 14.0. The van der Waals surface area contributed by atoms with Crippen LogP contribution in [0.3, 0.4) is 0 Å². The van der Waals surface area contributed by atoms with Crippen LogP contribution in [0.5, 0.6) is 5.75 Å². The molecule has 0 aromatic heterocycles. The van der Waals surface area contributed by atoms with Gasteiger partial charge in [0.1, 0.15) is 5.75 Å². The minimum atomic E-state index is -4.70. The average molecular weight is 486 g/mol. The maximum Gasteiger partial charge on any atom is 0.573 e. The predicted molar refractivity (Wildman–Crippen MR) is 108 cm³/mol. The quantitative estimate of drug-likeness (QED) is 0.362. The lowest BCUT2D eigenvalue weighted by Gasteiger charge is -2.30. The van der Waals surface area contributed by atoms with Crippen LogP contribution >= 0.6 is 24.0 Å². The van der Waals surface area contributed by atoms with Crippen molar-refractivity contribution in [3.8, 4) is 5.75 Å². The summed E-state index contributed by atoms with van der Waals surface area (Å²) in [5, 5.41) is 2.90. The van der Waals surface area contributed by atoms with Crippen LogP contribution in [0, 0.1) is 5.41 Å². The first-order chi connectivity index (χ1) is 11.7. The van der Waals surface area contributed by atoms with Crippen LogP contribution in [-0.2, 0) is 0 Å². The molecule has 9 heteroatoms. The number of hydrogen-bond donors (Lipinski definition) is 2. The molecule has 0 amide bonds. The Morgan fingerprint density at radius 2 is 1.81 bits per heavy atom. The van der Waals surface area contributed by atoms with Crippen LogP contribution in [0.1, 0.15) is 25.7 Å². The van der Waals surface area contributed by atoms with Crippen molar-refractivity contribution in [3.05, 3.63) is 24.3 Å². The highest BCUT2D eigenvalue weighted by Crippen LogP contribution is 2.38. The van der Waals surface area contributed by atoms with Gasteiger partial charge in [0.25, 0.3) is 0 Å². The summed E-state index contributed by atoms with van der Waals surface area (Å²) >= 11 is 0. The minimum absolute atomic E-state index is 0. The number of nitrogens with zero attached hydrogens (tertiary/aromatic N) is 2. The van der Waals surface area contributed by atoms with Gasteiger partial charge in [0.2, 0.25) is 0 Å². The summed E-state index contributed by atoms with van der Waals surface area (Å²) in [4.78, 5) is 6.62. The zero-order valence-corrected chi connectivity index (χ0v) is 17.3. The lowest BCUT2D eigenvalue weighted by molar-refractivity contribution is -0.274. The summed E-state index contributed by atoms with van der Waals surface area (Å²) in [6.07, 6.45) is -0.0247. The second-order valence-electron chi connectivity index (χ2n) is 6.84. The molecular formula is C17H26F3IN4O. The average Bonchev–Trinajstić information content (AvgIpc) is 2.94. The van der Waals surface area contributed by atoms with E-state index in [9.17, 15) is 13.2 Å². The number of nitrogens with two attached hydrogens (primary N) is 1. The summed E-state index contributed by atoms with van der Waals surface area (Å²) in [5.74, 6) is -0.0148. The Labute approximate surface area is 169 Å². The number of aliphatic imine (C=N–C) groups is 1. The van der Waals surface area contributed by atoms with Gasteiger partial charge in [-0.25, -0.2) is 0 Å². The van der Waals surface area contributed by atoms with E-state index in [0.29, 0.717) is 12.2 Å². The fraction of sp³-hybridized carbons (Fsp3) is 0.588. The van der Waals surface area contributed by atoms with Crippen LogP contribution in [0.4, 0.5) is 18.9 Å². The summed E-state index contributed by atoms with van der Waals surface area (Å²) in [6.45, 7) is 1.60. The first-order valence-corrected chi connectivity index (χ1v) is 8.25. The largest absolute Gasteiger partial charge is 0.573 e. The molecule has 0 saturated heterocycles. The first kappa shape index (κ1) is 22.8. The fourth-order valence-corrected chi connectivity index (χ4v) is 3.34. The van der Waals surface area contributed by atoms with Crippen molar-refractivity contribution in [2.75, 3.05) is 32.5 Å². The Morgan fingerprint density at radius 1 is 1.23 bits per heavy atom. The molecule has 0 radical (unpaired) electrons. The third-order valence-electron chi connectivity index (χ3n) is 4.26. The number of hydrogen-bond acceptors (Lipinski definition) is 3. The molecule has 148 valence electrons. The van der Waals surface area contributed by atoms with Crippen LogP contribution in [0.25, 0.3) is 0 Å². The molecule has 0 heterocycles. The molecule has 1 aliphatic carbocycles. The SMILES string of the molecule is CN(C)CC1(CN=C(N)Nc2ccc(OC(F)(F)F)cc2)CCCC1.I. The van der Waals surface area contributed by atoms with E-state index in [-0.39, 0.29) is 41.1 Å². The van der Waals surface area contributed by atoms with Gasteiger partial charge in [0, 0.05) is 24.2 Å². The van der Waals surface area contributed by atoms with E-state index in [0.717, 1.165) is 19.4 Å². The van der Waals surface area contributed by atoms with E-state index in [1.807, 2.05) is 0 Å². The maximum atomic E-state index is 12.1. The molecule has 0 aliphatic heterocycles. The van der Waals surface area contributed by atoms with Crippen molar-refractivity contribution < 1.29 is 17.9 Å². The van der Waals surface area contributed by atoms with Gasteiger partial charge < -0.3 is 20.7 Å². The Hall–Kier alpha value is -1.23. The number of halogens is 4. The zero-order chi connectivity index (χ0) is 18.5. The Bertz CT molecular complexity index is 585. The van der Waals surface area contributed by atoms with E-state index in [4.69, 9.17) is 5.73 Å². The number of anilines is 1. The number of benzene rings is 1. The second kappa shape index (κ2) is 9.63. The van der Waals surface area contributed by atoms with Gasteiger partial charge in [-0.05, 0) is 51.2 Å². The van der Waals surface area contributed by atoms with E-state index in [1.54, 1.807) is 0 Å². The van der Waals surface area contributed by atoms with Crippen LogP contribution < -0.4 is 15.8 Å². The van der Waals surface area contributed by atoms with E-state index in [1.165, 1.54) is 37.1 Å². The summed E-state index contributed by atoms with van der Waals surface area (Å²) < 4.78 is 40.3. The molecule has 0 atom stereocenters. The zero-order valence-electron chi connectivity index (χ0n) is 15.0. The molecule has 2 rings (SSSR count). The van der Waals surface area contributed by atoms with E-state index in [2.05, 4.69) is 34.0 Å². The Kier molecular flexibility index (Phi) is 8.45. The number of alkyl halides is 3.